The molecule has 0 unspecified atom stereocenters. The number of hydrogen-bond donors (Lipinski definition) is 2. The van der Waals surface area contributed by atoms with Crippen LogP contribution in [0.1, 0.15) is 38.2 Å². The quantitative estimate of drug-likeness (QED) is 0.864. The maximum absolute atomic E-state index is 9.48. The molecule has 19 heavy (non-hydrogen) atoms. The van der Waals surface area contributed by atoms with Crippen LogP contribution in [0, 0.1) is 0 Å². The summed E-state index contributed by atoms with van der Waals surface area (Å²) in [5.74, 6) is 1.79. The normalized spacial score (nSPS) is 12.9. The Bertz CT molecular complexity index is 512. The second-order valence-corrected chi connectivity index (χ2v) is 5.10. The molecule has 0 saturated carbocycles. The fourth-order valence-corrected chi connectivity index (χ4v) is 1.86. The maximum Gasteiger partial charge on any atom is 0.134 e. The van der Waals surface area contributed by atoms with E-state index in [2.05, 4.69) is 19.2 Å². The molecule has 1 aromatic carbocycles. The first-order valence-electron chi connectivity index (χ1n) is 6.67. The Morgan fingerprint density at radius 2 is 1.74 bits per heavy atom. The molecule has 2 rings (SSSR count). The fourth-order valence-electron chi connectivity index (χ4n) is 1.86. The Balaban J connectivity index is 2.09. The second kappa shape index (κ2) is 6.04. The van der Waals surface area contributed by atoms with E-state index in [1.807, 2.05) is 36.4 Å². The maximum atomic E-state index is 9.48. The minimum absolute atomic E-state index is 0.434. The molecule has 0 aliphatic carbocycles. The molecule has 1 aromatic heterocycles. The monoisotopic (exact) mass is 259 g/mol. The van der Waals surface area contributed by atoms with Gasteiger partial charge in [-0.2, -0.15) is 0 Å². The van der Waals surface area contributed by atoms with Gasteiger partial charge in [0, 0.05) is 11.6 Å². The number of nitrogens with one attached hydrogen (secondary N) is 1. The zero-order chi connectivity index (χ0) is 13.8. The van der Waals surface area contributed by atoms with Gasteiger partial charge >= 0.3 is 0 Å². The number of aliphatic hydroxyl groups excluding tert-OH is 1. The lowest BCUT2D eigenvalue weighted by molar-refractivity contribution is 0.199. The minimum atomic E-state index is -0.434. The number of furan rings is 1. The third-order valence-corrected chi connectivity index (χ3v) is 3.02. The van der Waals surface area contributed by atoms with Crippen molar-refractivity contribution in [2.45, 2.75) is 39.5 Å². The van der Waals surface area contributed by atoms with Gasteiger partial charge in [0.1, 0.15) is 11.5 Å². The van der Waals surface area contributed by atoms with Crippen molar-refractivity contribution in [3.8, 4) is 11.3 Å². The van der Waals surface area contributed by atoms with E-state index in [4.69, 9.17) is 4.42 Å². The highest BCUT2D eigenvalue weighted by atomic mass is 16.3. The van der Waals surface area contributed by atoms with Gasteiger partial charge in [-0.3, -0.25) is 0 Å². The summed E-state index contributed by atoms with van der Waals surface area (Å²) >= 11 is 0. The van der Waals surface area contributed by atoms with Crippen LogP contribution in [-0.4, -0.2) is 11.1 Å². The van der Waals surface area contributed by atoms with E-state index < -0.39 is 6.10 Å². The van der Waals surface area contributed by atoms with Crippen LogP contribution < -0.4 is 5.32 Å². The molecule has 0 amide bonds. The molecule has 0 radical (unpaired) electrons. The highest BCUT2D eigenvalue weighted by Gasteiger charge is 2.06. The van der Waals surface area contributed by atoms with Crippen molar-refractivity contribution in [3.63, 3.8) is 0 Å². The zero-order valence-electron chi connectivity index (χ0n) is 11.7. The van der Waals surface area contributed by atoms with Gasteiger partial charge in [-0.15, -0.1) is 0 Å². The summed E-state index contributed by atoms with van der Waals surface area (Å²) in [5.41, 5.74) is 1.94. The molecule has 0 fully saturated rings. The number of rotatable bonds is 5. The predicted molar refractivity (Wildman–Crippen MR) is 76.8 cm³/mol. The Hall–Kier alpha value is -1.58. The Morgan fingerprint density at radius 1 is 1.05 bits per heavy atom. The molecule has 0 saturated heterocycles. The summed E-state index contributed by atoms with van der Waals surface area (Å²) in [6.07, 6.45) is -0.434. The average molecular weight is 259 g/mol. The molecule has 1 atom stereocenters. The lowest BCUT2D eigenvalue weighted by Gasteiger charge is -2.06. The number of benzene rings is 1. The minimum Gasteiger partial charge on any atom is -0.460 e. The molecule has 1 heterocycles. The molecule has 3 heteroatoms. The van der Waals surface area contributed by atoms with Crippen molar-refractivity contribution in [3.05, 3.63) is 47.7 Å². The average Bonchev–Trinajstić information content (AvgIpc) is 2.85. The van der Waals surface area contributed by atoms with Gasteiger partial charge < -0.3 is 14.8 Å². The molecule has 0 spiro atoms. The SMILES string of the molecule is CC(C)NCc1ccc(-c2ccc([C@H](C)O)cc2)o1. The van der Waals surface area contributed by atoms with Gasteiger partial charge in [-0.1, -0.05) is 38.1 Å². The second-order valence-electron chi connectivity index (χ2n) is 5.10. The smallest absolute Gasteiger partial charge is 0.134 e. The van der Waals surface area contributed by atoms with E-state index >= 15 is 0 Å². The topological polar surface area (TPSA) is 45.4 Å². The van der Waals surface area contributed by atoms with Crippen LogP contribution in [0.2, 0.25) is 0 Å². The Labute approximate surface area is 114 Å². The van der Waals surface area contributed by atoms with Gasteiger partial charge in [0.05, 0.1) is 12.6 Å². The first-order valence-corrected chi connectivity index (χ1v) is 6.67. The predicted octanol–water partition coefficient (Wildman–Crippen LogP) is 3.50. The van der Waals surface area contributed by atoms with Crippen LogP contribution in [0.5, 0.6) is 0 Å². The standard InChI is InChI=1S/C16H21NO2/c1-11(2)17-10-15-8-9-16(19-15)14-6-4-13(5-7-14)12(3)18/h4-9,11-12,17-18H,10H2,1-3H3/t12-/m0/s1. The van der Waals surface area contributed by atoms with E-state index in [-0.39, 0.29) is 0 Å². The highest BCUT2D eigenvalue weighted by molar-refractivity contribution is 5.58. The van der Waals surface area contributed by atoms with Gasteiger partial charge in [-0.25, -0.2) is 0 Å². The van der Waals surface area contributed by atoms with Gasteiger partial charge in [0.15, 0.2) is 0 Å². The summed E-state index contributed by atoms with van der Waals surface area (Å²) in [5, 5.41) is 12.8. The highest BCUT2D eigenvalue weighted by Crippen LogP contribution is 2.24. The van der Waals surface area contributed by atoms with Crippen molar-refractivity contribution >= 4 is 0 Å². The molecular formula is C16H21NO2. The summed E-state index contributed by atoms with van der Waals surface area (Å²) in [6, 6.07) is 12.2. The number of hydrogen-bond acceptors (Lipinski definition) is 3. The van der Waals surface area contributed by atoms with E-state index in [0.29, 0.717) is 6.04 Å². The van der Waals surface area contributed by atoms with Crippen LogP contribution in [0.25, 0.3) is 11.3 Å². The van der Waals surface area contributed by atoms with Crippen LogP contribution >= 0.6 is 0 Å². The van der Waals surface area contributed by atoms with Crippen LogP contribution in [0.4, 0.5) is 0 Å². The molecular weight excluding hydrogens is 238 g/mol. The summed E-state index contributed by atoms with van der Waals surface area (Å²) < 4.78 is 5.80. The lowest BCUT2D eigenvalue weighted by atomic mass is 10.1. The third kappa shape index (κ3) is 3.69. The molecule has 2 N–H and O–H groups in total. The molecule has 102 valence electrons. The van der Waals surface area contributed by atoms with Crippen LogP contribution in [0.3, 0.4) is 0 Å². The van der Waals surface area contributed by atoms with Gasteiger partial charge in [0.2, 0.25) is 0 Å². The molecule has 0 aliphatic rings. The Kier molecular flexibility index (Phi) is 4.40. The molecule has 0 aliphatic heterocycles. The Morgan fingerprint density at radius 3 is 2.32 bits per heavy atom. The van der Waals surface area contributed by atoms with Crippen molar-refractivity contribution < 1.29 is 9.52 Å². The molecule has 3 nitrogen and oxygen atoms in total. The molecule has 2 aromatic rings. The third-order valence-electron chi connectivity index (χ3n) is 3.02. The van der Waals surface area contributed by atoms with Crippen molar-refractivity contribution in [1.29, 1.82) is 0 Å². The van der Waals surface area contributed by atoms with Crippen LogP contribution in [0.15, 0.2) is 40.8 Å². The van der Waals surface area contributed by atoms with Gasteiger partial charge in [0.25, 0.3) is 0 Å². The summed E-state index contributed by atoms with van der Waals surface area (Å²) in [6.45, 7) is 6.72. The van der Waals surface area contributed by atoms with Crippen molar-refractivity contribution in [2.75, 3.05) is 0 Å². The van der Waals surface area contributed by atoms with Crippen molar-refractivity contribution in [2.24, 2.45) is 0 Å². The van der Waals surface area contributed by atoms with E-state index in [0.717, 1.165) is 29.2 Å². The first-order chi connectivity index (χ1) is 9.06. The van der Waals surface area contributed by atoms with Crippen LogP contribution in [-0.2, 0) is 6.54 Å². The van der Waals surface area contributed by atoms with E-state index in [1.54, 1.807) is 6.92 Å². The summed E-state index contributed by atoms with van der Waals surface area (Å²) in [4.78, 5) is 0. The zero-order valence-corrected chi connectivity index (χ0v) is 11.7. The fraction of sp³-hybridized carbons (Fsp3) is 0.375. The lowest BCUT2D eigenvalue weighted by Crippen LogP contribution is -2.21. The van der Waals surface area contributed by atoms with E-state index in [1.165, 1.54) is 0 Å². The van der Waals surface area contributed by atoms with E-state index in [9.17, 15) is 5.11 Å². The van der Waals surface area contributed by atoms with Gasteiger partial charge in [-0.05, 0) is 24.6 Å². The first kappa shape index (κ1) is 13.8. The number of aliphatic hydroxyl groups is 1. The summed E-state index contributed by atoms with van der Waals surface area (Å²) in [7, 11) is 0. The van der Waals surface area contributed by atoms with Crippen molar-refractivity contribution in [1.82, 2.24) is 5.32 Å². The largest absolute Gasteiger partial charge is 0.460 e. The molecule has 0 bridgehead atoms.